The lowest BCUT2D eigenvalue weighted by Gasteiger charge is -2.08. The van der Waals surface area contributed by atoms with Crippen LogP contribution < -0.4 is 11.1 Å². The van der Waals surface area contributed by atoms with Gasteiger partial charge in [0.05, 0.1) is 18.0 Å². The first kappa shape index (κ1) is 15.6. The van der Waals surface area contributed by atoms with Gasteiger partial charge in [0.1, 0.15) is 6.54 Å². The molecule has 19 heavy (non-hydrogen) atoms. The first-order valence-electron chi connectivity index (χ1n) is 6.53. The van der Waals surface area contributed by atoms with E-state index in [1.807, 2.05) is 20.8 Å². The van der Waals surface area contributed by atoms with Crippen LogP contribution in [-0.4, -0.2) is 40.2 Å². The zero-order chi connectivity index (χ0) is 14.3. The molecule has 0 radical (unpaired) electrons. The van der Waals surface area contributed by atoms with Crippen molar-refractivity contribution in [3.05, 3.63) is 11.9 Å². The summed E-state index contributed by atoms with van der Waals surface area (Å²) in [6.45, 7) is 7.20. The number of hydrogen-bond donors (Lipinski definition) is 2. The minimum atomic E-state index is -0.176. The predicted molar refractivity (Wildman–Crippen MR) is 71.3 cm³/mol. The SMILES string of the molecule is CC(C)OCCCNC(=O)Cn1cc(C(C)N)nn1. The van der Waals surface area contributed by atoms with E-state index in [1.165, 1.54) is 4.68 Å². The van der Waals surface area contributed by atoms with E-state index in [0.29, 0.717) is 18.8 Å². The molecule has 0 spiro atoms. The highest BCUT2D eigenvalue weighted by Crippen LogP contribution is 2.02. The van der Waals surface area contributed by atoms with Gasteiger partial charge in [-0.15, -0.1) is 5.10 Å². The summed E-state index contributed by atoms with van der Waals surface area (Å²) >= 11 is 0. The quantitative estimate of drug-likeness (QED) is 0.659. The number of carbonyl (C=O) groups is 1. The molecule has 0 saturated carbocycles. The zero-order valence-electron chi connectivity index (χ0n) is 11.8. The molecule has 7 heteroatoms. The summed E-state index contributed by atoms with van der Waals surface area (Å²) in [5.74, 6) is -0.0920. The molecule has 1 aromatic rings. The second kappa shape index (κ2) is 7.85. The Morgan fingerprint density at radius 1 is 1.53 bits per heavy atom. The molecule has 0 aliphatic carbocycles. The van der Waals surface area contributed by atoms with E-state index in [1.54, 1.807) is 6.20 Å². The number of hydrogen-bond acceptors (Lipinski definition) is 5. The maximum Gasteiger partial charge on any atom is 0.241 e. The fraction of sp³-hybridized carbons (Fsp3) is 0.750. The van der Waals surface area contributed by atoms with Crippen LogP contribution >= 0.6 is 0 Å². The Morgan fingerprint density at radius 2 is 2.26 bits per heavy atom. The van der Waals surface area contributed by atoms with Crippen molar-refractivity contribution in [2.45, 2.75) is 45.9 Å². The van der Waals surface area contributed by atoms with Gasteiger partial charge in [-0.1, -0.05) is 5.21 Å². The highest BCUT2D eigenvalue weighted by atomic mass is 16.5. The van der Waals surface area contributed by atoms with Crippen LogP contribution in [0.1, 0.15) is 38.9 Å². The molecule has 0 fully saturated rings. The molecule has 0 aromatic carbocycles. The standard InChI is InChI=1S/C12H23N5O2/c1-9(2)19-6-4-5-14-12(18)8-17-7-11(10(3)13)15-16-17/h7,9-10H,4-6,8,13H2,1-3H3,(H,14,18). The van der Waals surface area contributed by atoms with Crippen molar-refractivity contribution in [2.75, 3.05) is 13.2 Å². The third-order valence-corrected chi connectivity index (χ3v) is 2.42. The Bertz CT molecular complexity index is 389. The molecule has 0 bridgehead atoms. The molecule has 1 amide bonds. The number of amides is 1. The van der Waals surface area contributed by atoms with E-state index >= 15 is 0 Å². The summed E-state index contributed by atoms with van der Waals surface area (Å²) in [6, 6.07) is -0.176. The van der Waals surface area contributed by atoms with Crippen LogP contribution in [-0.2, 0) is 16.1 Å². The minimum absolute atomic E-state index is 0.0920. The third-order valence-electron chi connectivity index (χ3n) is 2.42. The van der Waals surface area contributed by atoms with Crippen LogP contribution in [0.4, 0.5) is 0 Å². The Kier molecular flexibility index (Phi) is 6.44. The largest absolute Gasteiger partial charge is 0.379 e. The predicted octanol–water partition coefficient (Wildman–Crippen LogP) is 0.229. The van der Waals surface area contributed by atoms with E-state index in [0.717, 1.165) is 6.42 Å². The molecule has 1 atom stereocenters. The lowest BCUT2D eigenvalue weighted by atomic mass is 10.3. The Labute approximate surface area is 113 Å². The summed E-state index contributed by atoms with van der Waals surface area (Å²) in [5, 5.41) is 10.5. The van der Waals surface area contributed by atoms with Gasteiger partial charge in [-0.3, -0.25) is 4.79 Å². The number of nitrogens with one attached hydrogen (secondary N) is 1. The first-order valence-corrected chi connectivity index (χ1v) is 6.53. The van der Waals surface area contributed by atoms with Crippen molar-refractivity contribution in [1.82, 2.24) is 20.3 Å². The lowest BCUT2D eigenvalue weighted by molar-refractivity contribution is -0.121. The molecule has 3 N–H and O–H groups in total. The average molecular weight is 269 g/mol. The molecule has 1 unspecified atom stereocenters. The summed E-state index contributed by atoms with van der Waals surface area (Å²) < 4.78 is 6.86. The number of carbonyl (C=O) groups excluding carboxylic acids is 1. The fourth-order valence-corrected chi connectivity index (χ4v) is 1.42. The van der Waals surface area contributed by atoms with Gasteiger partial charge in [0, 0.05) is 19.2 Å². The summed E-state index contributed by atoms with van der Waals surface area (Å²) in [4.78, 5) is 11.6. The van der Waals surface area contributed by atoms with Crippen LogP contribution in [0.2, 0.25) is 0 Å². The van der Waals surface area contributed by atoms with Crippen molar-refractivity contribution in [1.29, 1.82) is 0 Å². The van der Waals surface area contributed by atoms with Crippen LogP contribution in [0.3, 0.4) is 0 Å². The lowest BCUT2D eigenvalue weighted by Crippen LogP contribution is -2.29. The van der Waals surface area contributed by atoms with E-state index in [4.69, 9.17) is 10.5 Å². The molecule has 1 rings (SSSR count). The van der Waals surface area contributed by atoms with Gasteiger partial charge in [0.2, 0.25) is 5.91 Å². The number of aromatic nitrogens is 3. The van der Waals surface area contributed by atoms with Crippen LogP contribution in [0, 0.1) is 0 Å². The molecule has 7 nitrogen and oxygen atoms in total. The van der Waals surface area contributed by atoms with E-state index in [-0.39, 0.29) is 24.6 Å². The minimum Gasteiger partial charge on any atom is -0.379 e. The number of ether oxygens (including phenoxy) is 1. The third kappa shape index (κ3) is 6.30. The van der Waals surface area contributed by atoms with Crippen molar-refractivity contribution in [3.8, 4) is 0 Å². The van der Waals surface area contributed by atoms with Gasteiger partial charge in [-0.05, 0) is 27.2 Å². The normalized spacial score (nSPS) is 12.7. The smallest absolute Gasteiger partial charge is 0.241 e. The molecular weight excluding hydrogens is 246 g/mol. The zero-order valence-corrected chi connectivity index (χ0v) is 11.8. The molecule has 1 aromatic heterocycles. The summed E-state index contributed by atoms with van der Waals surface area (Å²) in [6.07, 6.45) is 2.71. The Balaban J connectivity index is 2.19. The molecule has 0 aliphatic rings. The number of rotatable bonds is 8. The average Bonchev–Trinajstić information content (AvgIpc) is 2.76. The Morgan fingerprint density at radius 3 is 2.84 bits per heavy atom. The number of nitrogens with two attached hydrogens (primary N) is 1. The summed E-state index contributed by atoms with van der Waals surface area (Å²) in [7, 11) is 0. The van der Waals surface area contributed by atoms with Crippen LogP contribution in [0.25, 0.3) is 0 Å². The van der Waals surface area contributed by atoms with Crippen LogP contribution in [0.15, 0.2) is 6.20 Å². The van der Waals surface area contributed by atoms with Crippen molar-refractivity contribution >= 4 is 5.91 Å². The van der Waals surface area contributed by atoms with Crippen molar-refractivity contribution in [2.24, 2.45) is 5.73 Å². The van der Waals surface area contributed by atoms with Crippen LogP contribution in [0.5, 0.6) is 0 Å². The molecular formula is C12H23N5O2. The van der Waals surface area contributed by atoms with E-state index < -0.39 is 0 Å². The molecule has 108 valence electrons. The molecule has 0 saturated heterocycles. The van der Waals surface area contributed by atoms with Crippen molar-refractivity contribution < 1.29 is 9.53 Å². The monoisotopic (exact) mass is 269 g/mol. The fourth-order valence-electron chi connectivity index (χ4n) is 1.42. The van der Waals surface area contributed by atoms with Gasteiger partial charge >= 0.3 is 0 Å². The summed E-state index contributed by atoms with van der Waals surface area (Å²) in [5.41, 5.74) is 6.34. The maximum atomic E-state index is 11.6. The molecule has 0 aliphatic heterocycles. The van der Waals surface area contributed by atoms with E-state index in [9.17, 15) is 4.79 Å². The number of nitrogens with zero attached hydrogens (tertiary/aromatic N) is 3. The maximum absolute atomic E-state index is 11.6. The second-order valence-corrected chi connectivity index (χ2v) is 4.75. The van der Waals surface area contributed by atoms with Gasteiger partial charge in [-0.25, -0.2) is 4.68 Å². The van der Waals surface area contributed by atoms with Gasteiger partial charge in [-0.2, -0.15) is 0 Å². The highest BCUT2D eigenvalue weighted by Gasteiger charge is 2.08. The second-order valence-electron chi connectivity index (χ2n) is 4.75. The van der Waals surface area contributed by atoms with Gasteiger partial charge in [0.25, 0.3) is 0 Å². The first-order chi connectivity index (χ1) is 8.99. The van der Waals surface area contributed by atoms with Gasteiger partial charge < -0.3 is 15.8 Å². The Hall–Kier alpha value is -1.47. The molecule has 1 heterocycles. The topological polar surface area (TPSA) is 95.1 Å². The van der Waals surface area contributed by atoms with E-state index in [2.05, 4.69) is 15.6 Å². The van der Waals surface area contributed by atoms with Gasteiger partial charge in [0.15, 0.2) is 0 Å². The highest BCUT2D eigenvalue weighted by molar-refractivity contribution is 5.75. The van der Waals surface area contributed by atoms with Crippen molar-refractivity contribution in [3.63, 3.8) is 0 Å².